The van der Waals surface area contributed by atoms with E-state index in [1.54, 1.807) is 6.07 Å². The molecule has 1 heterocycles. The van der Waals surface area contributed by atoms with Crippen molar-refractivity contribution in [3.63, 3.8) is 0 Å². The standard InChI is InChI=1S/C11H13BrN2O2S2/c12-8-1-2-10(11(5-8)14(15)16)13-6-9-7-17-3-4-18-9/h1-2,5,9,13H,3-4,6-7H2. The van der Waals surface area contributed by atoms with Gasteiger partial charge < -0.3 is 5.32 Å². The minimum atomic E-state index is -0.351. The highest BCUT2D eigenvalue weighted by Gasteiger charge is 2.17. The molecule has 0 amide bonds. The van der Waals surface area contributed by atoms with Gasteiger partial charge in [-0.2, -0.15) is 23.5 Å². The molecule has 1 atom stereocenters. The number of hydrogen-bond donors (Lipinski definition) is 1. The van der Waals surface area contributed by atoms with Crippen LogP contribution in [0.2, 0.25) is 0 Å². The number of nitro groups is 1. The fourth-order valence-corrected chi connectivity index (χ4v) is 4.64. The molecule has 1 fully saturated rings. The van der Waals surface area contributed by atoms with Gasteiger partial charge in [0.1, 0.15) is 5.69 Å². The summed E-state index contributed by atoms with van der Waals surface area (Å²) in [5.74, 6) is 3.49. The van der Waals surface area contributed by atoms with E-state index >= 15 is 0 Å². The zero-order valence-corrected chi connectivity index (χ0v) is 12.8. The predicted octanol–water partition coefficient (Wildman–Crippen LogP) is 3.62. The summed E-state index contributed by atoms with van der Waals surface area (Å²) in [6.45, 7) is 0.778. The van der Waals surface area contributed by atoms with Crippen LogP contribution in [-0.4, -0.2) is 34.0 Å². The van der Waals surface area contributed by atoms with Crippen LogP contribution < -0.4 is 5.32 Å². The fourth-order valence-electron chi connectivity index (χ4n) is 1.68. The van der Waals surface area contributed by atoms with Crippen LogP contribution in [0.3, 0.4) is 0 Å². The van der Waals surface area contributed by atoms with Crippen molar-refractivity contribution in [3.8, 4) is 0 Å². The Morgan fingerprint density at radius 1 is 1.50 bits per heavy atom. The highest BCUT2D eigenvalue weighted by molar-refractivity contribution is 9.10. The molecular formula is C11H13BrN2O2S2. The summed E-state index contributed by atoms with van der Waals surface area (Å²) in [4.78, 5) is 10.6. The van der Waals surface area contributed by atoms with Crippen molar-refractivity contribution in [3.05, 3.63) is 32.8 Å². The lowest BCUT2D eigenvalue weighted by molar-refractivity contribution is -0.384. The second kappa shape index (κ2) is 6.68. The van der Waals surface area contributed by atoms with Crippen LogP contribution in [0, 0.1) is 10.1 Å². The van der Waals surface area contributed by atoms with E-state index < -0.39 is 0 Å². The van der Waals surface area contributed by atoms with Gasteiger partial charge in [-0.25, -0.2) is 0 Å². The largest absolute Gasteiger partial charge is 0.378 e. The summed E-state index contributed by atoms with van der Waals surface area (Å²) >= 11 is 7.14. The third-order valence-electron chi connectivity index (χ3n) is 2.56. The normalized spacial score (nSPS) is 19.5. The van der Waals surface area contributed by atoms with Crippen LogP contribution in [0.1, 0.15) is 0 Å². The van der Waals surface area contributed by atoms with Gasteiger partial charge in [-0.05, 0) is 12.1 Å². The summed E-state index contributed by atoms with van der Waals surface area (Å²) in [5, 5.41) is 14.7. The minimum absolute atomic E-state index is 0.123. The Morgan fingerprint density at radius 2 is 2.33 bits per heavy atom. The summed E-state index contributed by atoms with van der Waals surface area (Å²) in [7, 11) is 0. The van der Waals surface area contributed by atoms with Crippen LogP contribution in [0.15, 0.2) is 22.7 Å². The highest BCUT2D eigenvalue weighted by atomic mass is 79.9. The van der Waals surface area contributed by atoms with Gasteiger partial charge in [0.05, 0.1) is 4.92 Å². The van der Waals surface area contributed by atoms with E-state index in [-0.39, 0.29) is 10.6 Å². The van der Waals surface area contributed by atoms with Crippen molar-refractivity contribution < 1.29 is 4.92 Å². The van der Waals surface area contributed by atoms with Crippen molar-refractivity contribution in [2.45, 2.75) is 5.25 Å². The van der Waals surface area contributed by atoms with E-state index in [1.807, 2.05) is 29.6 Å². The molecule has 1 aromatic rings. The van der Waals surface area contributed by atoms with Crippen molar-refractivity contribution in [2.75, 3.05) is 29.1 Å². The molecule has 0 saturated carbocycles. The zero-order chi connectivity index (χ0) is 13.0. The molecule has 0 radical (unpaired) electrons. The zero-order valence-electron chi connectivity index (χ0n) is 9.60. The number of halogens is 1. The van der Waals surface area contributed by atoms with Gasteiger partial charge in [0.25, 0.3) is 5.69 Å². The monoisotopic (exact) mass is 348 g/mol. The number of rotatable bonds is 4. The lowest BCUT2D eigenvalue weighted by Gasteiger charge is -2.21. The Balaban J connectivity index is 2.01. The number of nitrogens with zero attached hydrogens (tertiary/aromatic N) is 1. The smallest absolute Gasteiger partial charge is 0.293 e. The molecule has 2 rings (SSSR count). The Labute approximate surface area is 123 Å². The summed E-state index contributed by atoms with van der Waals surface area (Å²) in [6.07, 6.45) is 0. The molecule has 1 unspecified atom stereocenters. The Kier molecular flexibility index (Phi) is 5.20. The second-order valence-electron chi connectivity index (χ2n) is 3.87. The molecule has 0 spiro atoms. The maximum Gasteiger partial charge on any atom is 0.293 e. The quantitative estimate of drug-likeness (QED) is 0.665. The predicted molar refractivity (Wildman–Crippen MR) is 82.9 cm³/mol. The summed E-state index contributed by atoms with van der Waals surface area (Å²) in [6, 6.07) is 5.10. The topological polar surface area (TPSA) is 55.2 Å². The first-order chi connectivity index (χ1) is 8.66. The van der Waals surface area contributed by atoms with E-state index in [9.17, 15) is 10.1 Å². The van der Waals surface area contributed by atoms with Crippen LogP contribution in [0.4, 0.5) is 11.4 Å². The minimum Gasteiger partial charge on any atom is -0.378 e. The van der Waals surface area contributed by atoms with Gasteiger partial charge in [0, 0.05) is 39.6 Å². The average Bonchev–Trinajstić information content (AvgIpc) is 2.38. The van der Waals surface area contributed by atoms with Crippen LogP contribution in [0.25, 0.3) is 0 Å². The summed E-state index contributed by atoms with van der Waals surface area (Å²) in [5.41, 5.74) is 0.720. The van der Waals surface area contributed by atoms with Gasteiger partial charge in [-0.3, -0.25) is 10.1 Å². The molecule has 1 N–H and O–H groups in total. The number of nitro benzene ring substituents is 1. The molecular weight excluding hydrogens is 336 g/mol. The first kappa shape index (κ1) is 14.0. The van der Waals surface area contributed by atoms with Crippen molar-refractivity contribution in [2.24, 2.45) is 0 Å². The number of nitrogens with one attached hydrogen (secondary N) is 1. The first-order valence-electron chi connectivity index (χ1n) is 5.54. The average molecular weight is 349 g/mol. The number of anilines is 1. The van der Waals surface area contributed by atoms with Gasteiger partial charge in [-0.1, -0.05) is 15.9 Å². The third kappa shape index (κ3) is 3.80. The van der Waals surface area contributed by atoms with Crippen molar-refractivity contribution >= 4 is 50.8 Å². The molecule has 18 heavy (non-hydrogen) atoms. The highest BCUT2D eigenvalue weighted by Crippen LogP contribution is 2.29. The first-order valence-corrected chi connectivity index (χ1v) is 8.53. The summed E-state index contributed by atoms with van der Waals surface area (Å²) < 4.78 is 0.724. The van der Waals surface area contributed by atoms with E-state index in [0.717, 1.165) is 16.8 Å². The van der Waals surface area contributed by atoms with E-state index in [0.29, 0.717) is 10.9 Å². The van der Waals surface area contributed by atoms with Crippen LogP contribution in [-0.2, 0) is 0 Å². The van der Waals surface area contributed by atoms with E-state index in [1.165, 1.54) is 17.6 Å². The number of thioether (sulfide) groups is 2. The lowest BCUT2D eigenvalue weighted by atomic mass is 10.2. The Morgan fingerprint density at radius 3 is 3.00 bits per heavy atom. The van der Waals surface area contributed by atoms with E-state index in [4.69, 9.17) is 0 Å². The molecule has 1 aliphatic rings. The van der Waals surface area contributed by atoms with Gasteiger partial charge in [0.15, 0.2) is 0 Å². The molecule has 0 aromatic heterocycles. The lowest BCUT2D eigenvalue weighted by Crippen LogP contribution is -2.23. The second-order valence-corrected chi connectivity index (χ2v) is 7.34. The van der Waals surface area contributed by atoms with Gasteiger partial charge >= 0.3 is 0 Å². The molecule has 0 aliphatic carbocycles. The molecule has 98 valence electrons. The molecule has 7 heteroatoms. The molecule has 1 aromatic carbocycles. The Bertz CT molecular complexity index is 439. The van der Waals surface area contributed by atoms with Crippen molar-refractivity contribution in [1.29, 1.82) is 0 Å². The number of hydrogen-bond acceptors (Lipinski definition) is 5. The van der Waals surface area contributed by atoms with Gasteiger partial charge in [-0.15, -0.1) is 0 Å². The fraction of sp³-hybridized carbons (Fsp3) is 0.455. The number of benzene rings is 1. The maximum atomic E-state index is 11.0. The van der Waals surface area contributed by atoms with Crippen molar-refractivity contribution in [1.82, 2.24) is 0 Å². The third-order valence-corrected chi connectivity index (χ3v) is 5.90. The van der Waals surface area contributed by atoms with Crippen LogP contribution in [0.5, 0.6) is 0 Å². The molecule has 4 nitrogen and oxygen atoms in total. The SMILES string of the molecule is O=[N+]([O-])c1cc(Br)ccc1NCC1CSCCS1. The molecule has 1 saturated heterocycles. The van der Waals surface area contributed by atoms with E-state index in [2.05, 4.69) is 21.2 Å². The van der Waals surface area contributed by atoms with Gasteiger partial charge in [0.2, 0.25) is 0 Å². The molecule has 0 bridgehead atoms. The van der Waals surface area contributed by atoms with Crippen LogP contribution >= 0.6 is 39.5 Å². The Hall–Kier alpha value is -0.400. The maximum absolute atomic E-state index is 11.0. The molecule has 1 aliphatic heterocycles.